The van der Waals surface area contributed by atoms with Gasteiger partial charge in [0.15, 0.2) is 0 Å². The molecule has 0 aliphatic heterocycles. The van der Waals surface area contributed by atoms with Gasteiger partial charge in [0.05, 0.1) is 12.2 Å². The summed E-state index contributed by atoms with van der Waals surface area (Å²) in [6, 6.07) is 6.30. The van der Waals surface area contributed by atoms with Crippen molar-refractivity contribution in [2.75, 3.05) is 6.54 Å². The van der Waals surface area contributed by atoms with E-state index in [9.17, 15) is 4.79 Å². The Morgan fingerprint density at radius 3 is 2.70 bits per heavy atom. The molecule has 110 valence electrons. The zero-order valence-corrected chi connectivity index (χ0v) is 12.3. The van der Waals surface area contributed by atoms with Gasteiger partial charge in [-0.2, -0.15) is 0 Å². The summed E-state index contributed by atoms with van der Waals surface area (Å²) in [6.45, 7) is 2.38. The lowest BCUT2D eigenvalue weighted by Gasteiger charge is -2.18. The molecule has 0 bridgehead atoms. The maximum absolute atomic E-state index is 12.0. The summed E-state index contributed by atoms with van der Waals surface area (Å²) in [5.41, 5.74) is 0.967. The summed E-state index contributed by atoms with van der Waals surface area (Å²) < 4.78 is 0. The van der Waals surface area contributed by atoms with Crippen LogP contribution in [0.3, 0.4) is 0 Å². The van der Waals surface area contributed by atoms with E-state index in [-0.39, 0.29) is 11.9 Å². The Balaban J connectivity index is 1.71. The molecule has 1 atom stereocenters. The standard InChI is InChI=1S/C16H25N3O/c1-13(15-10-6-7-11-17-15)18-12-16(20)19-14-8-4-2-3-5-9-14/h6-7,10-11,13-14,18H,2-5,8-9,12H2,1H3,(H,19,20)/t13-/m1/s1. The van der Waals surface area contributed by atoms with Crippen LogP contribution in [0.2, 0.25) is 0 Å². The summed E-state index contributed by atoms with van der Waals surface area (Å²) in [5.74, 6) is 0.0969. The van der Waals surface area contributed by atoms with E-state index in [1.807, 2.05) is 25.1 Å². The molecule has 1 aliphatic rings. The van der Waals surface area contributed by atoms with Crippen LogP contribution >= 0.6 is 0 Å². The number of pyridine rings is 1. The third-order valence-corrected chi connectivity index (χ3v) is 3.92. The average Bonchev–Trinajstić information content (AvgIpc) is 2.74. The van der Waals surface area contributed by atoms with E-state index in [0.717, 1.165) is 18.5 Å². The summed E-state index contributed by atoms with van der Waals surface area (Å²) >= 11 is 0. The van der Waals surface area contributed by atoms with Crippen molar-refractivity contribution in [3.63, 3.8) is 0 Å². The van der Waals surface area contributed by atoms with Crippen LogP contribution in [0.15, 0.2) is 24.4 Å². The Morgan fingerprint density at radius 2 is 2.05 bits per heavy atom. The van der Waals surface area contributed by atoms with Gasteiger partial charge in [-0.05, 0) is 31.9 Å². The molecule has 0 spiro atoms. The van der Waals surface area contributed by atoms with Gasteiger partial charge in [0, 0.05) is 18.3 Å². The number of aromatic nitrogens is 1. The lowest BCUT2D eigenvalue weighted by Crippen LogP contribution is -2.40. The van der Waals surface area contributed by atoms with Crippen LogP contribution in [0.25, 0.3) is 0 Å². The highest BCUT2D eigenvalue weighted by Gasteiger charge is 2.15. The van der Waals surface area contributed by atoms with Gasteiger partial charge in [0.2, 0.25) is 5.91 Å². The highest BCUT2D eigenvalue weighted by molar-refractivity contribution is 5.78. The molecule has 0 aromatic carbocycles. The molecular formula is C16H25N3O. The molecule has 1 fully saturated rings. The molecule has 1 aliphatic carbocycles. The highest BCUT2D eigenvalue weighted by Crippen LogP contribution is 2.17. The van der Waals surface area contributed by atoms with Gasteiger partial charge in [-0.1, -0.05) is 31.7 Å². The van der Waals surface area contributed by atoms with Crippen molar-refractivity contribution in [2.45, 2.75) is 57.5 Å². The number of nitrogens with one attached hydrogen (secondary N) is 2. The van der Waals surface area contributed by atoms with Gasteiger partial charge >= 0.3 is 0 Å². The average molecular weight is 275 g/mol. The maximum Gasteiger partial charge on any atom is 0.234 e. The normalized spacial score (nSPS) is 18.2. The first-order valence-electron chi connectivity index (χ1n) is 7.69. The van der Waals surface area contributed by atoms with E-state index >= 15 is 0 Å². The van der Waals surface area contributed by atoms with Crippen molar-refractivity contribution in [3.05, 3.63) is 30.1 Å². The van der Waals surface area contributed by atoms with Gasteiger partial charge in [0.1, 0.15) is 0 Å². The largest absolute Gasteiger partial charge is 0.352 e. The summed E-state index contributed by atoms with van der Waals surface area (Å²) in [7, 11) is 0. The van der Waals surface area contributed by atoms with Crippen molar-refractivity contribution in [2.24, 2.45) is 0 Å². The number of hydrogen-bond donors (Lipinski definition) is 2. The van der Waals surface area contributed by atoms with Crippen molar-refractivity contribution < 1.29 is 4.79 Å². The first-order chi connectivity index (χ1) is 9.75. The van der Waals surface area contributed by atoms with Crippen LogP contribution in [0, 0.1) is 0 Å². The lowest BCUT2D eigenvalue weighted by molar-refractivity contribution is -0.121. The van der Waals surface area contributed by atoms with Crippen molar-refractivity contribution in [3.8, 4) is 0 Å². The van der Waals surface area contributed by atoms with Crippen LogP contribution < -0.4 is 10.6 Å². The molecule has 1 aromatic rings. The fourth-order valence-electron chi connectivity index (χ4n) is 2.68. The van der Waals surface area contributed by atoms with Crippen LogP contribution in [0.5, 0.6) is 0 Å². The Hall–Kier alpha value is -1.42. The molecule has 1 saturated carbocycles. The van der Waals surface area contributed by atoms with Crippen molar-refractivity contribution in [1.29, 1.82) is 0 Å². The molecule has 2 N–H and O–H groups in total. The van der Waals surface area contributed by atoms with Gasteiger partial charge < -0.3 is 10.6 Å². The molecule has 2 rings (SSSR count). The topological polar surface area (TPSA) is 54.0 Å². The van der Waals surface area contributed by atoms with Crippen LogP contribution in [-0.2, 0) is 4.79 Å². The fourth-order valence-corrected chi connectivity index (χ4v) is 2.68. The van der Waals surface area contributed by atoms with Crippen molar-refractivity contribution >= 4 is 5.91 Å². The molecule has 4 heteroatoms. The monoisotopic (exact) mass is 275 g/mol. The van der Waals surface area contributed by atoms with Gasteiger partial charge in [-0.25, -0.2) is 0 Å². The Labute approximate surface area is 121 Å². The van der Waals surface area contributed by atoms with Gasteiger partial charge in [0.25, 0.3) is 0 Å². The third kappa shape index (κ3) is 4.93. The third-order valence-electron chi connectivity index (χ3n) is 3.92. The van der Waals surface area contributed by atoms with Crippen molar-refractivity contribution in [1.82, 2.24) is 15.6 Å². The number of nitrogens with zero attached hydrogens (tertiary/aromatic N) is 1. The molecule has 4 nitrogen and oxygen atoms in total. The number of carbonyl (C=O) groups excluding carboxylic acids is 1. The molecule has 0 radical (unpaired) electrons. The number of hydrogen-bond acceptors (Lipinski definition) is 3. The smallest absolute Gasteiger partial charge is 0.234 e. The molecule has 1 amide bonds. The summed E-state index contributed by atoms with van der Waals surface area (Å²) in [4.78, 5) is 16.3. The van der Waals surface area contributed by atoms with E-state index in [4.69, 9.17) is 0 Å². The molecule has 0 saturated heterocycles. The second-order valence-electron chi connectivity index (χ2n) is 5.61. The summed E-state index contributed by atoms with van der Waals surface area (Å²) in [5, 5.41) is 6.37. The zero-order valence-electron chi connectivity index (χ0n) is 12.3. The number of carbonyl (C=O) groups is 1. The Kier molecular flexibility index (Phi) is 5.99. The lowest BCUT2D eigenvalue weighted by atomic mass is 10.1. The Morgan fingerprint density at radius 1 is 1.30 bits per heavy atom. The molecular weight excluding hydrogens is 250 g/mol. The Bertz CT molecular complexity index is 399. The first-order valence-corrected chi connectivity index (χ1v) is 7.69. The van der Waals surface area contributed by atoms with Gasteiger partial charge in [-0.15, -0.1) is 0 Å². The SMILES string of the molecule is C[C@@H](NCC(=O)NC1CCCCCC1)c1ccccn1. The minimum absolute atomic E-state index is 0.0936. The maximum atomic E-state index is 12.0. The fraction of sp³-hybridized carbons (Fsp3) is 0.625. The van der Waals surface area contributed by atoms with Crippen LogP contribution in [0.4, 0.5) is 0 Å². The predicted octanol–water partition coefficient (Wildman–Crippen LogP) is 2.57. The predicted molar refractivity (Wildman–Crippen MR) is 80.3 cm³/mol. The van der Waals surface area contributed by atoms with E-state index < -0.39 is 0 Å². The minimum Gasteiger partial charge on any atom is -0.352 e. The van der Waals surface area contributed by atoms with E-state index in [1.54, 1.807) is 6.20 Å². The van der Waals surface area contributed by atoms with E-state index in [0.29, 0.717) is 12.6 Å². The molecule has 20 heavy (non-hydrogen) atoms. The van der Waals surface area contributed by atoms with Crippen LogP contribution in [-0.4, -0.2) is 23.5 Å². The van der Waals surface area contributed by atoms with E-state index in [2.05, 4.69) is 15.6 Å². The molecule has 1 heterocycles. The second-order valence-corrected chi connectivity index (χ2v) is 5.61. The zero-order chi connectivity index (χ0) is 14.2. The quantitative estimate of drug-likeness (QED) is 0.812. The molecule has 1 aromatic heterocycles. The minimum atomic E-state index is 0.0936. The van der Waals surface area contributed by atoms with Gasteiger partial charge in [-0.3, -0.25) is 9.78 Å². The van der Waals surface area contributed by atoms with E-state index in [1.165, 1.54) is 25.7 Å². The highest BCUT2D eigenvalue weighted by atomic mass is 16.1. The number of rotatable bonds is 5. The second kappa shape index (κ2) is 8.00. The summed E-state index contributed by atoms with van der Waals surface area (Å²) in [6.07, 6.45) is 9.12. The first kappa shape index (κ1) is 15.0. The number of amides is 1. The van der Waals surface area contributed by atoms with Crippen LogP contribution in [0.1, 0.15) is 57.2 Å². The molecule has 0 unspecified atom stereocenters.